The molecule has 0 aliphatic rings. The van der Waals surface area contributed by atoms with E-state index in [1.165, 1.54) is 0 Å². The minimum Gasteiger partial charge on any atom is -0.496 e. The van der Waals surface area contributed by atoms with Crippen LogP contribution in [0.2, 0.25) is 0 Å². The SMILES string of the molecule is COc1ccccc1CC(C)N(C)C(=O)C(C)OC. The number of amides is 1. The van der Waals surface area contributed by atoms with Crippen LogP contribution < -0.4 is 4.74 Å². The Morgan fingerprint density at radius 1 is 1.26 bits per heavy atom. The molecule has 106 valence electrons. The van der Waals surface area contributed by atoms with Crippen LogP contribution in [0.3, 0.4) is 0 Å². The molecule has 0 radical (unpaired) electrons. The molecule has 1 aromatic carbocycles. The fourth-order valence-corrected chi connectivity index (χ4v) is 1.93. The average molecular weight is 265 g/mol. The van der Waals surface area contributed by atoms with Crippen molar-refractivity contribution in [3.63, 3.8) is 0 Å². The summed E-state index contributed by atoms with van der Waals surface area (Å²) in [7, 11) is 5.00. The van der Waals surface area contributed by atoms with E-state index in [2.05, 4.69) is 0 Å². The van der Waals surface area contributed by atoms with Gasteiger partial charge in [-0.3, -0.25) is 4.79 Å². The van der Waals surface area contributed by atoms with Gasteiger partial charge in [0.15, 0.2) is 0 Å². The largest absolute Gasteiger partial charge is 0.496 e. The van der Waals surface area contributed by atoms with E-state index in [0.717, 1.165) is 17.7 Å². The Kier molecular flexibility index (Phi) is 5.83. The highest BCUT2D eigenvalue weighted by Gasteiger charge is 2.22. The molecular weight excluding hydrogens is 242 g/mol. The maximum atomic E-state index is 12.0. The Morgan fingerprint density at radius 2 is 1.89 bits per heavy atom. The summed E-state index contributed by atoms with van der Waals surface area (Å²) in [6.07, 6.45) is 0.341. The molecule has 2 atom stereocenters. The monoisotopic (exact) mass is 265 g/mol. The van der Waals surface area contributed by atoms with E-state index in [9.17, 15) is 4.79 Å². The number of benzene rings is 1. The zero-order chi connectivity index (χ0) is 14.4. The summed E-state index contributed by atoms with van der Waals surface area (Å²) in [5.74, 6) is 0.847. The number of rotatable bonds is 6. The van der Waals surface area contributed by atoms with Crippen LogP contribution in [0.5, 0.6) is 5.75 Å². The first kappa shape index (κ1) is 15.5. The summed E-state index contributed by atoms with van der Waals surface area (Å²) in [6.45, 7) is 3.78. The van der Waals surface area contributed by atoms with Crippen molar-refractivity contribution >= 4 is 5.91 Å². The van der Waals surface area contributed by atoms with Gasteiger partial charge in [0.1, 0.15) is 11.9 Å². The van der Waals surface area contributed by atoms with Crippen molar-refractivity contribution < 1.29 is 14.3 Å². The van der Waals surface area contributed by atoms with E-state index in [1.807, 2.05) is 31.2 Å². The lowest BCUT2D eigenvalue weighted by Crippen LogP contribution is -2.42. The lowest BCUT2D eigenvalue weighted by Gasteiger charge is -2.27. The fourth-order valence-electron chi connectivity index (χ4n) is 1.93. The molecule has 0 saturated carbocycles. The van der Waals surface area contributed by atoms with E-state index in [4.69, 9.17) is 9.47 Å². The second-order valence-electron chi connectivity index (χ2n) is 4.69. The predicted octanol–water partition coefficient (Wildman–Crippen LogP) is 2.12. The zero-order valence-electron chi connectivity index (χ0n) is 12.3. The molecule has 0 saturated heterocycles. The van der Waals surface area contributed by atoms with Crippen LogP contribution in [0.4, 0.5) is 0 Å². The molecule has 1 amide bonds. The average Bonchev–Trinajstić information content (AvgIpc) is 2.45. The van der Waals surface area contributed by atoms with Crippen molar-refractivity contribution in [1.29, 1.82) is 0 Å². The van der Waals surface area contributed by atoms with Gasteiger partial charge in [-0.15, -0.1) is 0 Å². The number of likely N-dealkylation sites (N-methyl/N-ethyl adjacent to an activating group) is 1. The minimum absolute atomic E-state index is 0.00935. The number of carbonyl (C=O) groups excluding carboxylic acids is 1. The Bertz CT molecular complexity index is 420. The molecular formula is C15H23NO3. The highest BCUT2D eigenvalue weighted by Crippen LogP contribution is 2.20. The normalized spacial score (nSPS) is 13.7. The second-order valence-corrected chi connectivity index (χ2v) is 4.69. The molecule has 0 N–H and O–H groups in total. The van der Waals surface area contributed by atoms with Crippen molar-refractivity contribution in [3.05, 3.63) is 29.8 Å². The van der Waals surface area contributed by atoms with Crippen molar-refractivity contribution in [2.45, 2.75) is 32.4 Å². The molecule has 0 aromatic heterocycles. The third-order valence-corrected chi connectivity index (χ3v) is 3.42. The quantitative estimate of drug-likeness (QED) is 0.791. The highest BCUT2D eigenvalue weighted by atomic mass is 16.5. The number of ether oxygens (including phenoxy) is 2. The lowest BCUT2D eigenvalue weighted by atomic mass is 10.0. The van der Waals surface area contributed by atoms with Crippen molar-refractivity contribution in [3.8, 4) is 5.75 Å². The van der Waals surface area contributed by atoms with E-state index in [-0.39, 0.29) is 11.9 Å². The van der Waals surface area contributed by atoms with Gasteiger partial charge >= 0.3 is 0 Å². The van der Waals surface area contributed by atoms with E-state index >= 15 is 0 Å². The molecule has 0 fully saturated rings. The number of nitrogens with zero attached hydrogens (tertiary/aromatic N) is 1. The number of hydrogen-bond donors (Lipinski definition) is 0. The smallest absolute Gasteiger partial charge is 0.251 e. The van der Waals surface area contributed by atoms with Crippen LogP contribution in [-0.2, 0) is 16.0 Å². The van der Waals surface area contributed by atoms with E-state index < -0.39 is 6.10 Å². The van der Waals surface area contributed by atoms with Crippen molar-refractivity contribution in [2.24, 2.45) is 0 Å². The Labute approximate surface area is 115 Å². The first-order chi connectivity index (χ1) is 9.01. The van der Waals surface area contributed by atoms with Crippen LogP contribution in [-0.4, -0.2) is 44.2 Å². The molecule has 0 aliphatic heterocycles. The molecule has 2 unspecified atom stereocenters. The number of methoxy groups -OCH3 is 2. The van der Waals surface area contributed by atoms with Crippen LogP contribution in [0.15, 0.2) is 24.3 Å². The van der Waals surface area contributed by atoms with Gasteiger partial charge in [-0.2, -0.15) is 0 Å². The topological polar surface area (TPSA) is 38.8 Å². The standard InChI is InChI=1S/C15H23NO3/c1-11(16(3)15(17)12(2)18-4)10-13-8-6-7-9-14(13)19-5/h6-9,11-12H,10H2,1-5H3. The molecule has 1 aromatic rings. The van der Waals surface area contributed by atoms with Crippen molar-refractivity contribution in [1.82, 2.24) is 4.90 Å². The maximum absolute atomic E-state index is 12.0. The van der Waals surface area contributed by atoms with E-state index in [0.29, 0.717) is 0 Å². The van der Waals surface area contributed by atoms with Crippen LogP contribution in [0.25, 0.3) is 0 Å². The zero-order valence-corrected chi connectivity index (χ0v) is 12.3. The Balaban J connectivity index is 2.73. The number of para-hydroxylation sites is 1. The fraction of sp³-hybridized carbons (Fsp3) is 0.533. The first-order valence-corrected chi connectivity index (χ1v) is 6.42. The van der Waals surface area contributed by atoms with Crippen LogP contribution in [0, 0.1) is 0 Å². The van der Waals surface area contributed by atoms with E-state index in [1.54, 1.807) is 33.1 Å². The lowest BCUT2D eigenvalue weighted by molar-refractivity contribution is -0.141. The molecule has 4 heteroatoms. The van der Waals surface area contributed by atoms with Crippen LogP contribution in [0.1, 0.15) is 19.4 Å². The second kappa shape index (κ2) is 7.14. The van der Waals surface area contributed by atoms with Gasteiger partial charge in [0.05, 0.1) is 7.11 Å². The molecule has 0 heterocycles. The number of carbonyl (C=O) groups is 1. The maximum Gasteiger partial charge on any atom is 0.251 e. The van der Waals surface area contributed by atoms with Crippen molar-refractivity contribution in [2.75, 3.05) is 21.3 Å². The van der Waals surface area contributed by atoms with Gasteiger partial charge < -0.3 is 14.4 Å². The minimum atomic E-state index is -0.412. The molecule has 4 nitrogen and oxygen atoms in total. The third-order valence-electron chi connectivity index (χ3n) is 3.42. The molecule has 0 spiro atoms. The summed E-state index contributed by atoms with van der Waals surface area (Å²) in [4.78, 5) is 13.8. The predicted molar refractivity (Wildman–Crippen MR) is 75.4 cm³/mol. The van der Waals surface area contributed by atoms with Gasteiger partial charge in [-0.1, -0.05) is 18.2 Å². The van der Waals surface area contributed by atoms with Gasteiger partial charge in [0.2, 0.25) is 0 Å². The summed E-state index contributed by atoms with van der Waals surface area (Å²) in [5, 5.41) is 0. The summed E-state index contributed by atoms with van der Waals surface area (Å²) in [6, 6.07) is 7.95. The molecule has 1 rings (SSSR count). The van der Waals surface area contributed by atoms with Gasteiger partial charge in [0.25, 0.3) is 5.91 Å². The Hall–Kier alpha value is -1.55. The highest BCUT2D eigenvalue weighted by molar-refractivity contribution is 5.80. The Morgan fingerprint density at radius 3 is 2.47 bits per heavy atom. The van der Waals surface area contributed by atoms with Gasteiger partial charge in [0, 0.05) is 20.2 Å². The third kappa shape index (κ3) is 3.96. The summed E-state index contributed by atoms with van der Waals surface area (Å²) in [5.41, 5.74) is 1.10. The van der Waals surface area contributed by atoms with Crippen LogP contribution >= 0.6 is 0 Å². The summed E-state index contributed by atoms with van der Waals surface area (Å²) < 4.78 is 10.4. The number of hydrogen-bond acceptors (Lipinski definition) is 3. The van der Waals surface area contributed by atoms with Gasteiger partial charge in [-0.25, -0.2) is 0 Å². The van der Waals surface area contributed by atoms with Gasteiger partial charge in [-0.05, 0) is 31.9 Å². The summed E-state index contributed by atoms with van der Waals surface area (Å²) >= 11 is 0. The molecule has 19 heavy (non-hydrogen) atoms. The molecule has 0 bridgehead atoms. The first-order valence-electron chi connectivity index (χ1n) is 6.42. The molecule has 0 aliphatic carbocycles.